The summed E-state index contributed by atoms with van der Waals surface area (Å²) in [4.78, 5) is 6.97. The lowest BCUT2D eigenvalue weighted by Gasteiger charge is -2.15. The summed E-state index contributed by atoms with van der Waals surface area (Å²) >= 11 is 1.54. The Morgan fingerprint density at radius 1 is 1.03 bits per heavy atom. The normalized spacial score (nSPS) is 14.2. The highest BCUT2D eigenvalue weighted by Crippen LogP contribution is 2.27. The minimum absolute atomic E-state index is 0.506. The number of benzene rings is 2. The van der Waals surface area contributed by atoms with Crippen molar-refractivity contribution in [2.24, 2.45) is 0 Å². The summed E-state index contributed by atoms with van der Waals surface area (Å²) < 4.78 is 12.9. The van der Waals surface area contributed by atoms with E-state index >= 15 is 0 Å². The average molecular weight is 449 g/mol. The van der Waals surface area contributed by atoms with E-state index in [0.29, 0.717) is 17.5 Å². The molecule has 5 rings (SSSR count). The van der Waals surface area contributed by atoms with Crippen molar-refractivity contribution in [3.8, 4) is 22.8 Å². The second kappa shape index (κ2) is 9.54. The van der Waals surface area contributed by atoms with E-state index in [0.717, 1.165) is 47.6 Å². The Labute approximate surface area is 190 Å². The van der Waals surface area contributed by atoms with E-state index in [9.17, 15) is 0 Å². The number of thioether (sulfide) groups is 1. The van der Waals surface area contributed by atoms with E-state index in [4.69, 9.17) is 9.26 Å². The largest absolute Gasteiger partial charge is 0.497 e. The number of rotatable bonds is 8. The van der Waals surface area contributed by atoms with Crippen LogP contribution >= 0.6 is 11.8 Å². The number of para-hydroxylation sites is 1. The average Bonchev–Trinajstić information content (AvgIpc) is 3.60. The molecule has 9 heteroatoms. The van der Waals surface area contributed by atoms with Gasteiger partial charge in [0.25, 0.3) is 0 Å². The molecule has 1 fully saturated rings. The van der Waals surface area contributed by atoms with Crippen LogP contribution in [0.25, 0.3) is 17.1 Å². The molecule has 0 saturated carbocycles. The highest BCUT2D eigenvalue weighted by Gasteiger charge is 2.20. The third-order valence-electron chi connectivity index (χ3n) is 5.40. The number of hydrogen-bond donors (Lipinski definition) is 0. The number of ether oxygens (including phenoxy) is 1. The van der Waals surface area contributed by atoms with Crippen molar-refractivity contribution in [1.29, 1.82) is 0 Å². The van der Waals surface area contributed by atoms with E-state index in [1.165, 1.54) is 24.6 Å². The van der Waals surface area contributed by atoms with Crippen LogP contribution in [-0.4, -0.2) is 50.0 Å². The van der Waals surface area contributed by atoms with Crippen molar-refractivity contribution < 1.29 is 9.26 Å². The molecule has 0 spiro atoms. The lowest BCUT2D eigenvalue weighted by molar-refractivity contribution is 0.319. The first-order valence-electron chi connectivity index (χ1n) is 10.6. The standard InChI is InChI=1S/C23H24N6O2S/c1-30-19-11-7-8-17(14-19)22-24-21(31-27-22)16-32-23-26-25-20(15-28-12-5-6-13-28)29(23)18-9-3-2-4-10-18/h2-4,7-11,14H,5-6,12-13,15-16H2,1H3. The van der Waals surface area contributed by atoms with Gasteiger partial charge in [-0.05, 0) is 50.2 Å². The molecular formula is C23H24N6O2S. The van der Waals surface area contributed by atoms with E-state index in [1.54, 1.807) is 7.11 Å². The Kier molecular flexibility index (Phi) is 6.17. The molecule has 2 aromatic carbocycles. The number of methoxy groups -OCH3 is 1. The van der Waals surface area contributed by atoms with Gasteiger partial charge in [0, 0.05) is 11.3 Å². The van der Waals surface area contributed by atoms with Crippen LogP contribution < -0.4 is 4.74 Å². The summed E-state index contributed by atoms with van der Waals surface area (Å²) in [5.74, 6) is 3.29. The van der Waals surface area contributed by atoms with Gasteiger partial charge in [-0.15, -0.1) is 10.2 Å². The molecule has 1 aliphatic rings. The van der Waals surface area contributed by atoms with Gasteiger partial charge in [-0.3, -0.25) is 9.47 Å². The number of nitrogens with zero attached hydrogens (tertiary/aromatic N) is 6. The first kappa shape index (κ1) is 20.7. The molecule has 8 nitrogen and oxygen atoms in total. The maximum absolute atomic E-state index is 5.49. The van der Waals surface area contributed by atoms with E-state index < -0.39 is 0 Å². The fourth-order valence-electron chi connectivity index (χ4n) is 3.79. The number of hydrogen-bond acceptors (Lipinski definition) is 8. The molecule has 3 heterocycles. The lowest BCUT2D eigenvalue weighted by atomic mass is 10.2. The third-order valence-corrected chi connectivity index (χ3v) is 6.31. The quantitative estimate of drug-likeness (QED) is 0.371. The van der Waals surface area contributed by atoms with Crippen LogP contribution in [-0.2, 0) is 12.3 Å². The van der Waals surface area contributed by atoms with Crippen molar-refractivity contribution in [1.82, 2.24) is 29.8 Å². The predicted octanol–water partition coefficient (Wildman–Crippen LogP) is 4.21. The Balaban J connectivity index is 1.35. The van der Waals surface area contributed by atoms with Gasteiger partial charge in [-0.1, -0.05) is 47.3 Å². The first-order valence-corrected chi connectivity index (χ1v) is 11.6. The second-order valence-electron chi connectivity index (χ2n) is 7.59. The molecule has 0 unspecified atom stereocenters. The Hall–Kier alpha value is -3.17. The third kappa shape index (κ3) is 4.53. The highest BCUT2D eigenvalue weighted by atomic mass is 32.2. The van der Waals surface area contributed by atoms with E-state index in [1.807, 2.05) is 42.5 Å². The molecule has 0 aliphatic carbocycles. The summed E-state index contributed by atoms with van der Waals surface area (Å²) in [5, 5.41) is 13.9. The maximum atomic E-state index is 5.49. The summed E-state index contributed by atoms with van der Waals surface area (Å²) in [6.07, 6.45) is 2.49. The summed E-state index contributed by atoms with van der Waals surface area (Å²) in [6.45, 7) is 3.02. The number of likely N-dealkylation sites (tertiary alicyclic amines) is 1. The molecule has 2 aromatic heterocycles. The Morgan fingerprint density at radius 3 is 2.69 bits per heavy atom. The van der Waals surface area contributed by atoms with Crippen LogP contribution in [0.15, 0.2) is 64.3 Å². The van der Waals surface area contributed by atoms with Gasteiger partial charge in [0.15, 0.2) is 11.0 Å². The smallest absolute Gasteiger partial charge is 0.237 e. The SMILES string of the molecule is COc1cccc(-c2noc(CSc3nnc(CN4CCCC4)n3-c3ccccc3)n2)c1. The van der Waals surface area contributed by atoms with Crippen LogP contribution in [0.4, 0.5) is 0 Å². The van der Waals surface area contributed by atoms with Gasteiger partial charge in [0.05, 0.1) is 19.4 Å². The number of aromatic nitrogens is 5. The van der Waals surface area contributed by atoms with Crippen LogP contribution in [0.1, 0.15) is 24.6 Å². The fraction of sp³-hybridized carbons (Fsp3) is 0.304. The summed E-state index contributed by atoms with van der Waals surface area (Å²) in [6, 6.07) is 17.8. The van der Waals surface area contributed by atoms with Crippen LogP contribution in [0, 0.1) is 0 Å². The molecule has 1 saturated heterocycles. The maximum Gasteiger partial charge on any atom is 0.237 e. The minimum atomic E-state index is 0.506. The van der Waals surface area contributed by atoms with Crippen LogP contribution in [0.5, 0.6) is 5.75 Å². The van der Waals surface area contributed by atoms with E-state index in [2.05, 4.69) is 41.9 Å². The summed E-state index contributed by atoms with van der Waals surface area (Å²) in [7, 11) is 1.64. The monoisotopic (exact) mass is 448 g/mol. The molecule has 164 valence electrons. The van der Waals surface area contributed by atoms with Crippen molar-refractivity contribution in [2.75, 3.05) is 20.2 Å². The topological polar surface area (TPSA) is 82.1 Å². The van der Waals surface area contributed by atoms with Crippen molar-refractivity contribution in [3.63, 3.8) is 0 Å². The fourth-order valence-corrected chi connectivity index (χ4v) is 4.60. The zero-order valence-electron chi connectivity index (χ0n) is 17.8. The molecule has 32 heavy (non-hydrogen) atoms. The molecule has 0 radical (unpaired) electrons. The molecule has 0 bridgehead atoms. The molecule has 1 aliphatic heterocycles. The van der Waals surface area contributed by atoms with E-state index in [-0.39, 0.29) is 0 Å². The molecule has 0 N–H and O–H groups in total. The van der Waals surface area contributed by atoms with Gasteiger partial charge >= 0.3 is 0 Å². The van der Waals surface area contributed by atoms with Gasteiger partial charge in [-0.25, -0.2) is 0 Å². The van der Waals surface area contributed by atoms with Gasteiger partial charge in [0.1, 0.15) is 5.75 Å². The first-order chi connectivity index (χ1) is 15.8. The predicted molar refractivity (Wildman–Crippen MR) is 122 cm³/mol. The zero-order valence-corrected chi connectivity index (χ0v) is 18.7. The Bertz CT molecular complexity index is 1170. The van der Waals surface area contributed by atoms with Gasteiger partial charge < -0.3 is 9.26 Å². The van der Waals surface area contributed by atoms with Gasteiger partial charge in [0.2, 0.25) is 11.7 Å². The molecule has 4 aromatic rings. The Morgan fingerprint density at radius 2 is 1.88 bits per heavy atom. The van der Waals surface area contributed by atoms with Gasteiger partial charge in [-0.2, -0.15) is 4.98 Å². The lowest BCUT2D eigenvalue weighted by Crippen LogP contribution is -2.21. The minimum Gasteiger partial charge on any atom is -0.497 e. The summed E-state index contributed by atoms with van der Waals surface area (Å²) in [5.41, 5.74) is 1.90. The van der Waals surface area contributed by atoms with Crippen LogP contribution in [0.3, 0.4) is 0 Å². The van der Waals surface area contributed by atoms with Crippen molar-refractivity contribution in [3.05, 3.63) is 66.3 Å². The highest BCUT2D eigenvalue weighted by molar-refractivity contribution is 7.98. The van der Waals surface area contributed by atoms with Crippen LogP contribution in [0.2, 0.25) is 0 Å². The zero-order chi connectivity index (χ0) is 21.8. The van der Waals surface area contributed by atoms with Crippen molar-refractivity contribution in [2.45, 2.75) is 30.3 Å². The molecule has 0 atom stereocenters. The second-order valence-corrected chi connectivity index (χ2v) is 8.53. The molecular weight excluding hydrogens is 424 g/mol. The molecule has 0 amide bonds. The van der Waals surface area contributed by atoms with Crippen molar-refractivity contribution >= 4 is 11.8 Å².